The number of thioether (sulfide) groups is 1. The highest BCUT2D eigenvalue weighted by Crippen LogP contribution is 2.37. The number of aryl methyl sites for hydroxylation is 1. The van der Waals surface area contributed by atoms with Gasteiger partial charge in [-0.25, -0.2) is 19.3 Å². The molecule has 0 saturated carbocycles. The van der Waals surface area contributed by atoms with Crippen molar-refractivity contribution in [2.45, 2.75) is 25.5 Å². The summed E-state index contributed by atoms with van der Waals surface area (Å²) < 4.78 is 9.92. The van der Waals surface area contributed by atoms with E-state index in [0.29, 0.717) is 22.4 Å². The van der Waals surface area contributed by atoms with Crippen molar-refractivity contribution in [1.29, 1.82) is 0 Å². The Hall–Kier alpha value is -3.99. The lowest BCUT2D eigenvalue weighted by Crippen LogP contribution is -2.62. The van der Waals surface area contributed by atoms with Gasteiger partial charge in [-0.05, 0) is 41.8 Å². The van der Waals surface area contributed by atoms with Crippen molar-refractivity contribution in [2.75, 3.05) is 21.3 Å². The van der Waals surface area contributed by atoms with Crippen LogP contribution in [0.2, 0.25) is 0 Å². The number of amides is 5. The zero-order chi connectivity index (χ0) is 26.0. The number of esters is 1. The number of nitrogens with zero attached hydrogens (tertiary/aromatic N) is 3. The van der Waals surface area contributed by atoms with Crippen LogP contribution in [0.4, 0.5) is 9.59 Å². The number of fused-ring (bicyclic) bond motifs is 1. The smallest absolute Gasteiger partial charge is 0.338 e. The largest absolute Gasteiger partial charge is 0.497 e. The summed E-state index contributed by atoms with van der Waals surface area (Å²) in [6, 6.07) is 11.2. The molecule has 10 nitrogen and oxygen atoms in total. The van der Waals surface area contributed by atoms with E-state index in [-0.39, 0.29) is 18.8 Å². The summed E-state index contributed by atoms with van der Waals surface area (Å²) in [6.45, 7) is 2.00. The first-order valence-corrected chi connectivity index (χ1v) is 12.0. The van der Waals surface area contributed by atoms with Gasteiger partial charge in [-0.2, -0.15) is 0 Å². The molecular formula is C25H26N4O6S. The van der Waals surface area contributed by atoms with Crippen molar-refractivity contribution < 1.29 is 28.7 Å². The predicted octanol–water partition coefficient (Wildman–Crippen LogP) is 3.27. The predicted molar refractivity (Wildman–Crippen MR) is 133 cm³/mol. The van der Waals surface area contributed by atoms with E-state index in [0.717, 1.165) is 10.5 Å². The molecule has 0 bridgehead atoms. The molecule has 36 heavy (non-hydrogen) atoms. The van der Waals surface area contributed by atoms with Gasteiger partial charge in [-0.3, -0.25) is 14.6 Å². The highest BCUT2D eigenvalue weighted by molar-refractivity contribution is 8.03. The molecule has 11 heteroatoms. The summed E-state index contributed by atoms with van der Waals surface area (Å²) in [6.07, 6.45) is 0. The van der Waals surface area contributed by atoms with Gasteiger partial charge in [-0.1, -0.05) is 36.0 Å². The lowest BCUT2D eigenvalue weighted by Gasteiger charge is -2.42. The number of urea groups is 2. The second kappa shape index (κ2) is 10.3. The Labute approximate surface area is 212 Å². The third kappa shape index (κ3) is 4.74. The van der Waals surface area contributed by atoms with Gasteiger partial charge in [0.1, 0.15) is 11.4 Å². The van der Waals surface area contributed by atoms with Crippen LogP contribution in [-0.4, -0.2) is 65.4 Å². The molecule has 1 atom stereocenters. The van der Waals surface area contributed by atoms with Crippen molar-refractivity contribution in [3.05, 3.63) is 75.8 Å². The second-order valence-electron chi connectivity index (χ2n) is 8.27. The Bertz CT molecular complexity index is 1250. The van der Waals surface area contributed by atoms with Gasteiger partial charge in [0, 0.05) is 19.0 Å². The molecule has 2 aromatic carbocycles. The van der Waals surface area contributed by atoms with E-state index >= 15 is 0 Å². The van der Waals surface area contributed by atoms with E-state index in [9.17, 15) is 19.2 Å². The standard InChI is InChI=1S/C25H26N4O6S/c1-15-11-17(7-10-19(15)22(31)35-4)13-28-23(32)27(2)25-29(24(28)33)20(14-36-25)21(30)26-12-16-5-8-18(34-3)9-6-16/h5-11,14,25H,12-13H2,1-4H3,(H,26,30). The molecule has 2 aliphatic rings. The molecule has 1 fully saturated rings. The summed E-state index contributed by atoms with van der Waals surface area (Å²) in [7, 11) is 4.47. The average molecular weight is 511 g/mol. The lowest BCUT2D eigenvalue weighted by molar-refractivity contribution is -0.119. The molecule has 1 N–H and O–H groups in total. The molecule has 1 saturated heterocycles. The van der Waals surface area contributed by atoms with Crippen molar-refractivity contribution in [2.24, 2.45) is 0 Å². The van der Waals surface area contributed by atoms with Crippen molar-refractivity contribution in [3.63, 3.8) is 0 Å². The van der Waals surface area contributed by atoms with Gasteiger partial charge in [-0.15, -0.1) is 0 Å². The molecule has 5 amide bonds. The van der Waals surface area contributed by atoms with Crippen LogP contribution in [0.5, 0.6) is 5.75 Å². The lowest BCUT2D eigenvalue weighted by atomic mass is 10.0. The van der Waals surface area contributed by atoms with Gasteiger partial charge < -0.3 is 14.8 Å². The number of carbonyl (C=O) groups is 4. The number of hydrogen-bond acceptors (Lipinski definition) is 7. The molecule has 2 heterocycles. The summed E-state index contributed by atoms with van der Waals surface area (Å²) in [5.74, 6) is -0.170. The van der Waals surface area contributed by atoms with E-state index in [1.165, 1.54) is 28.7 Å². The summed E-state index contributed by atoms with van der Waals surface area (Å²) in [5, 5.41) is 4.42. The van der Waals surface area contributed by atoms with E-state index in [4.69, 9.17) is 9.47 Å². The maximum absolute atomic E-state index is 13.4. The van der Waals surface area contributed by atoms with E-state index < -0.39 is 29.4 Å². The van der Waals surface area contributed by atoms with Gasteiger partial charge in [0.25, 0.3) is 5.91 Å². The minimum atomic E-state index is -0.647. The van der Waals surface area contributed by atoms with Gasteiger partial charge >= 0.3 is 18.0 Å². The number of nitrogens with one attached hydrogen (secondary N) is 1. The van der Waals surface area contributed by atoms with Crippen LogP contribution in [0.15, 0.2) is 53.6 Å². The molecule has 0 spiro atoms. The highest BCUT2D eigenvalue weighted by Gasteiger charge is 2.48. The maximum Gasteiger partial charge on any atom is 0.338 e. The number of imide groups is 1. The van der Waals surface area contributed by atoms with Crippen molar-refractivity contribution >= 4 is 35.7 Å². The van der Waals surface area contributed by atoms with Crippen LogP contribution in [0.25, 0.3) is 0 Å². The van der Waals surface area contributed by atoms with Crippen LogP contribution in [-0.2, 0) is 22.6 Å². The Morgan fingerprint density at radius 2 is 1.72 bits per heavy atom. The number of rotatable bonds is 7. The second-order valence-corrected chi connectivity index (χ2v) is 9.20. The molecule has 188 valence electrons. The fourth-order valence-electron chi connectivity index (χ4n) is 3.98. The number of methoxy groups -OCH3 is 2. The quantitative estimate of drug-likeness (QED) is 0.570. The van der Waals surface area contributed by atoms with E-state index in [1.807, 2.05) is 12.1 Å². The number of carbonyl (C=O) groups excluding carboxylic acids is 4. The zero-order valence-electron chi connectivity index (χ0n) is 20.3. The van der Waals surface area contributed by atoms with Gasteiger partial charge in [0.05, 0.1) is 26.3 Å². The Balaban J connectivity index is 1.49. The molecule has 0 aliphatic carbocycles. The molecule has 1 unspecified atom stereocenters. The number of hydrogen-bond donors (Lipinski definition) is 1. The minimum absolute atomic E-state index is 0.0149. The third-order valence-corrected chi connectivity index (χ3v) is 7.09. The molecule has 2 aliphatic heterocycles. The topological polar surface area (TPSA) is 108 Å². The van der Waals surface area contributed by atoms with Crippen LogP contribution in [0.3, 0.4) is 0 Å². The number of ether oxygens (including phenoxy) is 2. The van der Waals surface area contributed by atoms with E-state index in [1.54, 1.807) is 56.8 Å². The normalized spacial score (nSPS) is 17.1. The summed E-state index contributed by atoms with van der Waals surface area (Å²) >= 11 is 1.22. The van der Waals surface area contributed by atoms with Crippen LogP contribution < -0.4 is 10.1 Å². The van der Waals surface area contributed by atoms with Gasteiger partial charge in [0.15, 0.2) is 5.50 Å². The van der Waals surface area contributed by atoms with Crippen LogP contribution in [0, 0.1) is 6.92 Å². The Morgan fingerprint density at radius 3 is 2.36 bits per heavy atom. The maximum atomic E-state index is 13.4. The van der Waals surface area contributed by atoms with Crippen LogP contribution >= 0.6 is 11.8 Å². The molecule has 4 rings (SSSR count). The Kier molecular flexibility index (Phi) is 7.20. The monoisotopic (exact) mass is 510 g/mol. The fraction of sp³-hybridized carbons (Fsp3) is 0.280. The van der Waals surface area contributed by atoms with Crippen molar-refractivity contribution in [3.8, 4) is 5.75 Å². The van der Waals surface area contributed by atoms with Gasteiger partial charge in [0.2, 0.25) is 0 Å². The first kappa shape index (κ1) is 25.1. The molecular weight excluding hydrogens is 484 g/mol. The van der Waals surface area contributed by atoms with E-state index in [2.05, 4.69) is 5.32 Å². The third-order valence-electron chi connectivity index (χ3n) is 5.96. The minimum Gasteiger partial charge on any atom is -0.497 e. The average Bonchev–Trinajstić information content (AvgIpc) is 3.34. The first-order chi connectivity index (χ1) is 17.2. The zero-order valence-corrected chi connectivity index (χ0v) is 21.1. The highest BCUT2D eigenvalue weighted by atomic mass is 32.2. The molecule has 2 aromatic rings. The molecule has 0 aromatic heterocycles. The first-order valence-electron chi connectivity index (χ1n) is 11.1. The molecule has 0 radical (unpaired) electrons. The van der Waals surface area contributed by atoms with Crippen LogP contribution in [0.1, 0.15) is 27.0 Å². The van der Waals surface area contributed by atoms with Crippen molar-refractivity contribution in [1.82, 2.24) is 20.0 Å². The fourth-order valence-corrected chi connectivity index (χ4v) is 5.05. The number of benzene rings is 2. The SMILES string of the molecule is COC(=O)c1ccc(CN2C(=O)N(C)C3SC=C(C(=O)NCc4ccc(OC)cc4)N3C2=O)cc1C. The Morgan fingerprint density at radius 1 is 1.03 bits per heavy atom. The summed E-state index contributed by atoms with van der Waals surface area (Å²) in [4.78, 5) is 55.1. The summed E-state index contributed by atoms with van der Waals surface area (Å²) in [5.41, 5.74) is 2.13.